The van der Waals surface area contributed by atoms with Gasteiger partial charge in [0.25, 0.3) is 0 Å². The van der Waals surface area contributed by atoms with Gasteiger partial charge in [0.15, 0.2) is 12.1 Å². The van der Waals surface area contributed by atoms with Gasteiger partial charge in [0.1, 0.15) is 30.5 Å². The van der Waals surface area contributed by atoms with Gasteiger partial charge in [-0.05, 0) is 14.0 Å². The monoisotopic (exact) mass is 515 g/mol. The number of hydrogen-bond donors (Lipinski definition) is 6. The van der Waals surface area contributed by atoms with Gasteiger partial charge < -0.3 is 25.5 Å². The molecule has 1 aromatic rings. The lowest BCUT2D eigenvalue weighted by atomic mass is 10.0. The summed E-state index contributed by atoms with van der Waals surface area (Å²) >= 11 is 0. The van der Waals surface area contributed by atoms with Crippen LogP contribution in [0.1, 0.15) is 12.5 Å². The fourth-order valence-electron chi connectivity index (χ4n) is 4.05. The number of hydrogen-bond acceptors (Lipinski definition) is 13. The summed E-state index contributed by atoms with van der Waals surface area (Å²) in [6.45, 7) is 2.48. The summed E-state index contributed by atoms with van der Waals surface area (Å²) in [6.07, 6.45) is -3.65. The lowest BCUT2D eigenvalue weighted by Crippen LogP contribution is -2.64. The molecule has 35 heavy (non-hydrogen) atoms. The molecule has 3 aliphatic heterocycles. The second-order valence-corrected chi connectivity index (χ2v) is 8.86. The molecule has 16 heteroatoms. The van der Waals surface area contributed by atoms with Crippen molar-refractivity contribution in [2.24, 2.45) is 26.6 Å². The minimum Gasteiger partial charge on any atom is -0.388 e. The Kier molecular flexibility index (Phi) is 8.20. The lowest BCUT2D eigenvalue weighted by Gasteiger charge is -2.39. The molecular formula is C19H29N7O8S. The van der Waals surface area contributed by atoms with E-state index in [9.17, 15) is 10.2 Å². The summed E-state index contributed by atoms with van der Waals surface area (Å²) in [4.78, 5) is 22.2. The molecule has 194 valence electrons. The van der Waals surface area contributed by atoms with E-state index < -0.39 is 40.6 Å². The Bertz CT molecular complexity index is 1090. The zero-order valence-electron chi connectivity index (χ0n) is 19.0. The van der Waals surface area contributed by atoms with Crippen LogP contribution in [-0.4, -0.2) is 112 Å². The molecule has 8 N–H and O–H groups in total. The van der Waals surface area contributed by atoms with Crippen molar-refractivity contribution in [3.05, 3.63) is 35.9 Å². The second kappa shape index (κ2) is 10.6. The second-order valence-electron chi connectivity index (χ2n) is 7.96. The van der Waals surface area contributed by atoms with Crippen LogP contribution in [-0.2, 0) is 20.0 Å². The highest BCUT2D eigenvalue weighted by molar-refractivity contribution is 7.79. The van der Waals surface area contributed by atoms with Gasteiger partial charge >= 0.3 is 10.4 Å². The normalized spacial score (nSPS) is 30.3. The molecule has 5 atom stereocenters. The predicted molar refractivity (Wildman–Crippen MR) is 125 cm³/mol. The van der Waals surface area contributed by atoms with Crippen molar-refractivity contribution >= 4 is 27.9 Å². The predicted octanol–water partition coefficient (Wildman–Crippen LogP) is -2.19. The van der Waals surface area contributed by atoms with Crippen LogP contribution in [0.3, 0.4) is 0 Å². The molecule has 1 saturated heterocycles. The van der Waals surface area contributed by atoms with Gasteiger partial charge in [-0.2, -0.15) is 8.42 Å². The van der Waals surface area contributed by atoms with Crippen molar-refractivity contribution in [3.8, 4) is 0 Å². The number of likely N-dealkylation sites (N-methyl/N-ethyl adjacent to an activating group) is 1. The molecule has 0 aliphatic carbocycles. The molecule has 0 spiro atoms. The van der Waals surface area contributed by atoms with Crippen molar-refractivity contribution < 1.29 is 37.3 Å². The maximum absolute atomic E-state index is 10.7. The quantitative estimate of drug-likeness (QED) is 0.175. The molecule has 0 aromatic heterocycles. The van der Waals surface area contributed by atoms with E-state index in [0.29, 0.717) is 18.2 Å². The number of aliphatic hydroxyl groups excluding tert-OH is 2. The number of nitrogens with zero attached hydrogens (tertiary/aromatic N) is 5. The van der Waals surface area contributed by atoms with Crippen LogP contribution < -0.4 is 11.6 Å². The van der Waals surface area contributed by atoms with Crippen molar-refractivity contribution in [2.75, 3.05) is 26.9 Å². The van der Waals surface area contributed by atoms with Crippen LogP contribution in [0.25, 0.3) is 0 Å². The molecule has 4 rings (SSSR count). The number of nitrogens with two attached hydrogens (primary N) is 2. The van der Waals surface area contributed by atoms with Gasteiger partial charge in [-0.1, -0.05) is 30.3 Å². The number of amidine groups is 3. The molecule has 1 fully saturated rings. The standard InChI is InChI=1S/C19H27N7O4.H2O4S/c1-11-13(27)14(28)16(30-11)26-15(12-6-4-3-5-7-12)24-19(25(2)8-9-29-21)17(20)22-10-23-18(19)26;1-5(2,3)4/h3-7,11,13-14,16,27-28H,8-10,21H2,1-2H3,(H2,20,22);(H2,1,2,3,4)/t11-,13-,14-,16-,19?;/m1./s1. The largest absolute Gasteiger partial charge is 0.394 e. The van der Waals surface area contributed by atoms with Gasteiger partial charge in [-0.25, -0.2) is 20.9 Å². The first-order chi connectivity index (χ1) is 16.4. The highest BCUT2D eigenvalue weighted by Crippen LogP contribution is 2.37. The summed E-state index contributed by atoms with van der Waals surface area (Å²) in [6, 6.07) is 9.47. The fourth-order valence-corrected chi connectivity index (χ4v) is 4.05. The zero-order valence-corrected chi connectivity index (χ0v) is 19.9. The first kappa shape index (κ1) is 27.1. The van der Waals surface area contributed by atoms with Gasteiger partial charge in [-0.3, -0.25) is 18.9 Å². The smallest absolute Gasteiger partial charge is 0.388 e. The molecule has 0 bridgehead atoms. The Labute approximate surface area is 201 Å². The van der Waals surface area contributed by atoms with Crippen LogP contribution >= 0.6 is 0 Å². The Hall–Kier alpha value is -2.54. The van der Waals surface area contributed by atoms with Crippen molar-refractivity contribution in [1.29, 1.82) is 0 Å². The molecule has 1 unspecified atom stereocenters. The summed E-state index contributed by atoms with van der Waals surface area (Å²) in [7, 11) is -2.85. The Balaban J connectivity index is 0.000000623. The third-order valence-corrected chi connectivity index (χ3v) is 5.72. The van der Waals surface area contributed by atoms with Crippen molar-refractivity contribution in [1.82, 2.24) is 9.80 Å². The van der Waals surface area contributed by atoms with E-state index in [2.05, 4.69) is 9.98 Å². The van der Waals surface area contributed by atoms with Crippen molar-refractivity contribution in [3.63, 3.8) is 0 Å². The molecule has 1 aromatic carbocycles. The molecule has 0 radical (unpaired) electrons. The lowest BCUT2D eigenvalue weighted by molar-refractivity contribution is -0.0332. The van der Waals surface area contributed by atoms with E-state index in [4.69, 9.17) is 43.7 Å². The molecule has 3 aliphatic rings. The maximum Gasteiger partial charge on any atom is 0.394 e. The van der Waals surface area contributed by atoms with Crippen LogP contribution in [0.2, 0.25) is 0 Å². The van der Waals surface area contributed by atoms with Gasteiger partial charge in [0.2, 0.25) is 5.66 Å². The SMILES string of the molecule is C[C@H]1O[C@@H](N2C(c3ccccc3)=NC3(N(C)CCON)C(N)=NCN=C23)[C@H](O)[C@@H]1O.O=S(=O)(O)O. The Morgan fingerprint density at radius 3 is 2.40 bits per heavy atom. The van der Waals surface area contributed by atoms with Crippen LogP contribution in [0, 0.1) is 0 Å². The fraction of sp³-hybridized carbons (Fsp3) is 0.526. The van der Waals surface area contributed by atoms with Gasteiger partial charge in [0.05, 0.1) is 12.7 Å². The number of benzene rings is 1. The summed E-state index contributed by atoms with van der Waals surface area (Å²) in [5, 5.41) is 21.1. The van der Waals surface area contributed by atoms with E-state index in [1.807, 2.05) is 42.3 Å². The average molecular weight is 516 g/mol. The highest BCUT2D eigenvalue weighted by Gasteiger charge is 2.58. The third kappa shape index (κ3) is 5.50. The highest BCUT2D eigenvalue weighted by atomic mass is 32.3. The number of rotatable bonds is 6. The average Bonchev–Trinajstić information content (AvgIpc) is 3.28. The molecule has 0 amide bonds. The summed E-state index contributed by atoms with van der Waals surface area (Å²) in [5.74, 6) is 6.48. The Morgan fingerprint density at radius 1 is 1.23 bits per heavy atom. The Morgan fingerprint density at radius 2 is 1.86 bits per heavy atom. The summed E-state index contributed by atoms with van der Waals surface area (Å²) < 4.78 is 37.5. The minimum atomic E-state index is -4.67. The first-order valence-corrected chi connectivity index (χ1v) is 11.9. The minimum absolute atomic E-state index is 0.124. The van der Waals surface area contributed by atoms with E-state index in [-0.39, 0.29) is 19.1 Å². The van der Waals surface area contributed by atoms with Crippen LogP contribution in [0.4, 0.5) is 0 Å². The topological polar surface area (TPSA) is 229 Å². The third-order valence-electron chi connectivity index (χ3n) is 5.72. The van der Waals surface area contributed by atoms with E-state index >= 15 is 0 Å². The van der Waals surface area contributed by atoms with Gasteiger partial charge in [-0.15, -0.1) is 0 Å². The van der Waals surface area contributed by atoms with E-state index in [1.54, 1.807) is 11.8 Å². The first-order valence-electron chi connectivity index (χ1n) is 10.5. The number of fused-ring (bicyclic) bond motifs is 1. The molecule has 3 heterocycles. The maximum atomic E-state index is 10.7. The number of ether oxygens (including phenoxy) is 1. The number of aliphatic imine (C=N–C) groups is 3. The van der Waals surface area contributed by atoms with E-state index in [0.717, 1.165) is 5.56 Å². The van der Waals surface area contributed by atoms with E-state index in [1.165, 1.54) is 0 Å². The molecule has 0 saturated carbocycles. The van der Waals surface area contributed by atoms with Crippen molar-refractivity contribution in [2.45, 2.75) is 37.1 Å². The molecular weight excluding hydrogens is 486 g/mol. The summed E-state index contributed by atoms with van der Waals surface area (Å²) in [5.41, 5.74) is 5.97. The molecule has 15 nitrogen and oxygen atoms in total. The van der Waals surface area contributed by atoms with Crippen LogP contribution in [0.5, 0.6) is 0 Å². The van der Waals surface area contributed by atoms with Gasteiger partial charge in [0, 0.05) is 12.1 Å². The van der Waals surface area contributed by atoms with Crippen LogP contribution in [0.15, 0.2) is 45.3 Å². The number of aliphatic hydroxyl groups is 2. The zero-order chi connectivity index (χ0) is 26.0.